The Morgan fingerprint density at radius 2 is 2.04 bits per heavy atom. The van der Waals surface area contributed by atoms with Crippen LogP contribution in [0.25, 0.3) is 6.08 Å². The van der Waals surface area contributed by atoms with Gasteiger partial charge in [-0.3, -0.25) is 30.6 Å². The zero-order valence-corrected chi connectivity index (χ0v) is 12.2. The molecule has 9 heteroatoms. The molecule has 2 amide bonds. The Morgan fingerprint density at radius 1 is 1.26 bits per heavy atom. The second-order valence-corrected chi connectivity index (χ2v) is 4.62. The highest BCUT2D eigenvalue weighted by atomic mass is 35.5. The van der Waals surface area contributed by atoms with Crippen molar-refractivity contribution in [2.45, 2.75) is 0 Å². The molecule has 2 aromatic rings. The number of hydrogen-bond donors (Lipinski definition) is 2. The van der Waals surface area contributed by atoms with Gasteiger partial charge in [-0.1, -0.05) is 11.6 Å². The van der Waals surface area contributed by atoms with Crippen LogP contribution in [0.15, 0.2) is 47.1 Å². The van der Waals surface area contributed by atoms with Crippen molar-refractivity contribution in [3.63, 3.8) is 0 Å². The van der Waals surface area contributed by atoms with Crippen molar-refractivity contribution in [2.75, 3.05) is 0 Å². The molecule has 1 aromatic heterocycles. The highest BCUT2D eigenvalue weighted by molar-refractivity contribution is 6.32. The summed E-state index contributed by atoms with van der Waals surface area (Å²) < 4.78 is 5.00. The van der Waals surface area contributed by atoms with Crippen LogP contribution in [0.3, 0.4) is 0 Å². The number of rotatable bonds is 4. The maximum absolute atomic E-state index is 11.8. The number of furan rings is 1. The van der Waals surface area contributed by atoms with E-state index in [1.807, 2.05) is 0 Å². The van der Waals surface area contributed by atoms with Gasteiger partial charge in [-0.25, -0.2) is 0 Å². The first-order valence-corrected chi connectivity index (χ1v) is 6.61. The summed E-state index contributed by atoms with van der Waals surface area (Å²) in [6.07, 6.45) is 4.02. The Labute approximate surface area is 134 Å². The molecular formula is C14H10ClN3O5. The van der Waals surface area contributed by atoms with Gasteiger partial charge in [0.2, 0.25) is 0 Å². The molecular weight excluding hydrogens is 326 g/mol. The number of hydrazine groups is 1. The molecule has 0 radical (unpaired) electrons. The SMILES string of the molecule is O=C(/C=C/c1ccco1)NNC(=O)c1ccc(Cl)c([N+](=O)[O-])c1. The number of benzene rings is 1. The van der Waals surface area contributed by atoms with Crippen LogP contribution in [0.1, 0.15) is 16.1 Å². The van der Waals surface area contributed by atoms with E-state index < -0.39 is 22.4 Å². The van der Waals surface area contributed by atoms with Gasteiger partial charge in [0, 0.05) is 17.7 Å². The van der Waals surface area contributed by atoms with Gasteiger partial charge in [0.15, 0.2) is 0 Å². The number of amides is 2. The van der Waals surface area contributed by atoms with Crippen molar-refractivity contribution < 1.29 is 18.9 Å². The van der Waals surface area contributed by atoms with E-state index in [2.05, 4.69) is 10.9 Å². The van der Waals surface area contributed by atoms with E-state index in [-0.39, 0.29) is 10.6 Å². The van der Waals surface area contributed by atoms with Crippen LogP contribution >= 0.6 is 11.6 Å². The van der Waals surface area contributed by atoms with Crippen LogP contribution in [0.2, 0.25) is 5.02 Å². The average Bonchev–Trinajstić information content (AvgIpc) is 3.04. The van der Waals surface area contributed by atoms with Gasteiger partial charge in [0.1, 0.15) is 10.8 Å². The predicted octanol–water partition coefficient (Wildman–Crippen LogP) is 2.32. The van der Waals surface area contributed by atoms with E-state index in [9.17, 15) is 19.7 Å². The Kier molecular flexibility index (Phi) is 5.11. The summed E-state index contributed by atoms with van der Waals surface area (Å²) in [5, 5.41) is 10.7. The third kappa shape index (κ3) is 4.42. The van der Waals surface area contributed by atoms with Crippen molar-refractivity contribution >= 4 is 35.2 Å². The number of nitrogens with one attached hydrogen (secondary N) is 2. The third-order valence-electron chi connectivity index (χ3n) is 2.65. The fourth-order valence-corrected chi connectivity index (χ4v) is 1.76. The zero-order chi connectivity index (χ0) is 16.8. The molecule has 0 atom stereocenters. The molecule has 0 unspecified atom stereocenters. The second kappa shape index (κ2) is 7.23. The van der Waals surface area contributed by atoms with Crippen LogP contribution in [-0.4, -0.2) is 16.7 Å². The molecule has 0 spiro atoms. The summed E-state index contributed by atoms with van der Waals surface area (Å²) in [6, 6.07) is 6.85. The normalized spacial score (nSPS) is 10.5. The first kappa shape index (κ1) is 16.2. The summed E-state index contributed by atoms with van der Waals surface area (Å²) in [7, 11) is 0. The Balaban J connectivity index is 1.95. The maximum Gasteiger partial charge on any atom is 0.288 e. The summed E-state index contributed by atoms with van der Waals surface area (Å²) in [5.41, 5.74) is 3.85. The molecule has 2 rings (SSSR count). The Bertz CT molecular complexity index is 771. The largest absolute Gasteiger partial charge is 0.465 e. The number of carbonyl (C=O) groups excluding carboxylic acids is 2. The van der Waals surface area contributed by atoms with E-state index >= 15 is 0 Å². The van der Waals surface area contributed by atoms with Gasteiger partial charge >= 0.3 is 0 Å². The molecule has 0 aliphatic rings. The lowest BCUT2D eigenvalue weighted by atomic mass is 10.2. The topological polar surface area (TPSA) is 114 Å². The molecule has 0 bridgehead atoms. The Hall–Kier alpha value is -3.13. The number of hydrogen-bond acceptors (Lipinski definition) is 5. The van der Waals surface area contributed by atoms with Crippen molar-refractivity contribution in [1.82, 2.24) is 10.9 Å². The lowest BCUT2D eigenvalue weighted by Gasteiger charge is -2.05. The number of nitro benzene ring substituents is 1. The highest BCUT2D eigenvalue weighted by Gasteiger charge is 2.16. The minimum Gasteiger partial charge on any atom is -0.465 e. The van der Waals surface area contributed by atoms with Gasteiger partial charge in [-0.05, 0) is 30.3 Å². The molecule has 0 saturated carbocycles. The number of carbonyl (C=O) groups is 2. The summed E-state index contributed by atoms with van der Waals surface area (Å²) in [5.74, 6) is -0.845. The van der Waals surface area contributed by atoms with Gasteiger partial charge in [0.25, 0.3) is 17.5 Å². The molecule has 118 valence electrons. The molecule has 1 aromatic carbocycles. The van der Waals surface area contributed by atoms with E-state index in [4.69, 9.17) is 16.0 Å². The van der Waals surface area contributed by atoms with Gasteiger partial charge in [0.05, 0.1) is 11.2 Å². The summed E-state index contributed by atoms with van der Waals surface area (Å²) in [6.45, 7) is 0. The van der Waals surface area contributed by atoms with E-state index in [0.717, 1.165) is 12.1 Å². The molecule has 0 aliphatic heterocycles. The number of halogens is 1. The lowest BCUT2D eigenvalue weighted by molar-refractivity contribution is -0.384. The van der Waals surface area contributed by atoms with Crippen molar-refractivity contribution in [3.05, 3.63) is 69.1 Å². The molecule has 2 N–H and O–H groups in total. The molecule has 0 fully saturated rings. The van der Waals surface area contributed by atoms with Crippen molar-refractivity contribution in [2.24, 2.45) is 0 Å². The molecule has 1 heterocycles. The molecule has 23 heavy (non-hydrogen) atoms. The minimum atomic E-state index is -0.718. The highest BCUT2D eigenvalue weighted by Crippen LogP contribution is 2.24. The van der Waals surface area contributed by atoms with Crippen LogP contribution in [0.5, 0.6) is 0 Å². The van der Waals surface area contributed by atoms with Gasteiger partial charge in [-0.2, -0.15) is 0 Å². The summed E-state index contributed by atoms with van der Waals surface area (Å²) in [4.78, 5) is 33.4. The fraction of sp³-hybridized carbons (Fsp3) is 0. The molecule has 8 nitrogen and oxygen atoms in total. The number of nitro groups is 1. The fourth-order valence-electron chi connectivity index (χ4n) is 1.57. The van der Waals surface area contributed by atoms with Gasteiger partial charge < -0.3 is 4.42 Å². The van der Waals surface area contributed by atoms with Gasteiger partial charge in [-0.15, -0.1) is 0 Å². The van der Waals surface area contributed by atoms with E-state index in [0.29, 0.717) is 5.76 Å². The minimum absolute atomic E-state index is 0.0172. The predicted molar refractivity (Wildman–Crippen MR) is 81.5 cm³/mol. The number of nitrogens with zero attached hydrogens (tertiary/aromatic N) is 1. The van der Waals surface area contributed by atoms with Crippen LogP contribution in [-0.2, 0) is 4.79 Å². The first-order chi connectivity index (χ1) is 11.0. The third-order valence-corrected chi connectivity index (χ3v) is 2.97. The van der Waals surface area contributed by atoms with Crippen LogP contribution in [0.4, 0.5) is 5.69 Å². The lowest BCUT2D eigenvalue weighted by Crippen LogP contribution is -2.40. The quantitative estimate of drug-likeness (QED) is 0.505. The zero-order valence-electron chi connectivity index (χ0n) is 11.5. The second-order valence-electron chi connectivity index (χ2n) is 4.22. The monoisotopic (exact) mass is 335 g/mol. The van der Waals surface area contributed by atoms with Crippen LogP contribution in [0, 0.1) is 10.1 Å². The van der Waals surface area contributed by atoms with Crippen molar-refractivity contribution in [3.8, 4) is 0 Å². The smallest absolute Gasteiger partial charge is 0.288 e. The molecule has 0 aliphatic carbocycles. The van der Waals surface area contributed by atoms with Crippen molar-refractivity contribution in [1.29, 1.82) is 0 Å². The van der Waals surface area contributed by atoms with Crippen LogP contribution < -0.4 is 10.9 Å². The standard InChI is InChI=1S/C14H10ClN3O5/c15-11-5-3-9(8-12(11)18(21)22)14(20)17-16-13(19)6-4-10-2-1-7-23-10/h1-8H,(H,16,19)(H,17,20)/b6-4+. The Morgan fingerprint density at radius 3 is 2.70 bits per heavy atom. The average molecular weight is 336 g/mol. The first-order valence-electron chi connectivity index (χ1n) is 6.23. The van der Waals surface area contributed by atoms with E-state index in [1.165, 1.54) is 24.5 Å². The molecule has 0 saturated heterocycles. The summed E-state index contributed by atoms with van der Waals surface area (Å²) >= 11 is 5.65. The maximum atomic E-state index is 11.8. The van der Waals surface area contributed by atoms with E-state index in [1.54, 1.807) is 12.1 Å².